The van der Waals surface area contributed by atoms with Crippen molar-refractivity contribution in [2.75, 3.05) is 19.4 Å². The third-order valence-electron chi connectivity index (χ3n) is 4.55. The largest absolute Gasteiger partial charge is 0.365 e. The van der Waals surface area contributed by atoms with Crippen LogP contribution in [0.3, 0.4) is 0 Å². The molecule has 1 aliphatic rings. The first-order valence-electron chi connectivity index (χ1n) is 9.36. The number of carbonyl (C=O) groups excluding carboxylic acids is 2. The van der Waals surface area contributed by atoms with Crippen LogP contribution in [-0.2, 0) is 0 Å². The molecule has 2 aromatic rings. The van der Waals surface area contributed by atoms with E-state index in [0.717, 1.165) is 18.9 Å². The summed E-state index contributed by atoms with van der Waals surface area (Å²) in [6, 6.07) is 4.03. The Kier molecular flexibility index (Phi) is 6.14. The molecule has 10 heteroatoms. The lowest BCUT2D eigenvalue weighted by Crippen LogP contribution is -2.22. The molecule has 0 unspecified atom stereocenters. The summed E-state index contributed by atoms with van der Waals surface area (Å²) in [5, 5.41) is 10.9. The second kappa shape index (κ2) is 8.76. The molecule has 0 atom stereocenters. The number of hydrogen-bond acceptors (Lipinski definition) is 7. The van der Waals surface area contributed by atoms with Crippen LogP contribution in [0.2, 0.25) is 0 Å². The van der Waals surface area contributed by atoms with Crippen LogP contribution < -0.4 is 11.1 Å². The molecule has 2 heterocycles. The van der Waals surface area contributed by atoms with Crippen LogP contribution in [0.25, 0.3) is 0 Å². The molecule has 9 nitrogen and oxygen atoms in total. The van der Waals surface area contributed by atoms with Crippen LogP contribution in [0, 0.1) is 11.2 Å². The predicted molar refractivity (Wildman–Crippen MR) is 112 cm³/mol. The molecule has 1 fully saturated rings. The first kappa shape index (κ1) is 21.0. The summed E-state index contributed by atoms with van der Waals surface area (Å²) < 4.78 is 14.5. The quantitative estimate of drug-likeness (QED) is 0.695. The maximum atomic E-state index is 14.5. The monoisotopic (exact) mass is 411 g/mol. The highest BCUT2D eigenvalue weighted by Crippen LogP contribution is 2.27. The lowest BCUT2D eigenvalue weighted by atomic mass is 9.96. The molecule has 0 aliphatic heterocycles. The van der Waals surface area contributed by atoms with Crippen molar-refractivity contribution in [1.82, 2.24) is 14.9 Å². The smallest absolute Gasteiger partial charge is 0.272 e. The maximum absolute atomic E-state index is 14.5. The summed E-state index contributed by atoms with van der Waals surface area (Å²) in [6.45, 7) is 0. The summed E-state index contributed by atoms with van der Waals surface area (Å²) in [5.41, 5.74) is 6.66. The van der Waals surface area contributed by atoms with Gasteiger partial charge in [0.05, 0.1) is 17.0 Å². The van der Waals surface area contributed by atoms with Crippen molar-refractivity contribution >= 4 is 40.6 Å². The number of primary amides is 1. The predicted octanol–water partition coefficient (Wildman–Crippen LogP) is 2.83. The van der Waals surface area contributed by atoms with E-state index in [1.165, 1.54) is 17.2 Å². The highest BCUT2D eigenvalue weighted by molar-refractivity contribution is 6.42. The molecule has 0 bridgehead atoms. The zero-order valence-corrected chi connectivity index (χ0v) is 16.7. The van der Waals surface area contributed by atoms with Gasteiger partial charge in [-0.15, -0.1) is 0 Å². The fourth-order valence-electron chi connectivity index (χ4n) is 2.97. The number of carbonyl (C=O) groups is 2. The van der Waals surface area contributed by atoms with Crippen molar-refractivity contribution in [3.05, 3.63) is 41.5 Å². The van der Waals surface area contributed by atoms with Gasteiger partial charge in [-0.1, -0.05) is 0 Å². The number of aliphatic imine (C=N–C) groups is 1. The Morgan fingerprint density at radius 1 is 1.27 bits per heavy atom. The Balaban J connectivity index is 2.00. The van der Waals surface area contributed by atoms with Crippen LogP contribution in [-0.4, -0.2) is 52.2 Å². The van der Waals surface area contributed by atoms with Gasteiger partial charge in [-0.05, 0) is 43.9 Å². The molecule has 0 radical (unpaired) electrons. The van der Waals surface area contributed by atoms with Gasteiger partial charge >= 0.3 is 0 Å². The summed E-state index contributed by atoms with van der Waals surface area (Å²) in [6.07, 6.45) is 4.35. The number of halogens is 1. The van der Waals surface area contributed by atoms with Crippen LogP contribution >= 0.6 is 0 Å². The molecular weight excluding hydrogens is 389 g/mol. The van der Waals surface area contributed by atoms with Crippen molar-refractivity contribution in [2.24, 2.45) is 10.7 Å². The molecule has 156 valence electrons. The number of hydrogen-bond donors (Lipinski definition) is 3. The van der Waals surface area contributed by atoms with Gasteiger partial charge < -0.3 is 21.4 Å². The zero-order chi connectivity index (χ0) is 21.8. The van der Waals surface area contributed by atoms with Gasteiger partial charge in [-0.25, -0.2) is 14.4 Å². The van der Waals surface area contributed by atoms with Crippen LogP contribution in [0.4, 0.5) is 21.7 Å². The molecular formula is C20H22FN7O2. The summed E-state index contributed by atoms with van der Waals surface area (Å²) in [4.78, 5) is 37.7. The Hall–Kier alpha value is -3.69. The first-order chi connectivity index (χ1) is 14.3. The van der Waals surface area contributed by atoms with Crippen molar-refractivity contribution in [3.63, 3.8) is 0 Å². The molecule has 1 aliphatic carbocycles. The van der Waals surface area contributed by atoms with Gasteiger partial charge in [0.2, 0.25) is 0 Å². The average Bonchev–Trinajstić information content (AvgIpc) is 2.71. The minimum Gasteiger partial charge on any atom is -0.365 e. The van der Waals surface area contributed by atoms with Crippen molar-refractivity contribution in [1.29, 1.82) is 5.41 Å². The topological polar surface area (TPSA) is 137 Å². The summed E-state index contributed by atoms with van der Waals surface area (Å²) in [5.74, 6) is -2.21. The van der Waals surface area contributed by atoms with E-state index in [4.69, 9.17) is 11.1 Å². The Morgan fingerprint density at radius 2 is 2.00 bits per heavy atom. The molecule has 0 aromatic carbocycles. The summed E-state index contributed by atoms with van der Waals surface area (Å²) >= 11 is 0. The normalized spacial score (nSPS) is 15.2. The molecule has 2 amide bonds. The number of rotatable bonds is 5. The molecule has 30 heavy (non-hydrogen) atoms. The number of nitrogens with one attached hydrogen (secondary N) is 2. The minimum absolute atomic E-state index is 0.0000390. The van der Waals surface area contributed by atoms with E-state index in [9.17, 15) is 14.0 Å². The van der Waals surface area contributed by atoms with Crippen LogP contribution in [0.5, 0.6) is 0 Å². The number of aromatic nitrogens is 2. The van der Waals surface area contributed by atoms with E-state index < -0.39 is 11.7 Å². The van der Waals surface area contributed by atoms with E-state index in [1.54, 1.807) is 20.2 Å². The highest BCUT2D eigenvalue weighted by Gasteiger charge is 2.19. The second-order valence-electron chi connectivity index (χ2n) is 7.05. The van der Waals surface area contributed by atoms with Crippen LogP contribution in [0.15, 0.2) is 29.4 Å². The number of amides is 2. The highest BCUT2D eigenvalue weighted by atomic mass is 19.1. The van der Waals surface area contributed by atoms with E-state index in [1.807, 2.05) is 0 Å². The van der Waals surface area contributed by atoms with Gasteiger partial charge in [0.15, 0.2) is 11.6 Å². The lowest BCUT2D eigenvalue weighted by Gasteiger charge is -2.15. The molecule has 4 N–H and O–H groups in total. The Bertz CT molecular complexity index is 1050. The first-order valence-corrected chi connectivity index (χ1v) is 9.36. The maximum Gasteiger partial charge on any atom is 0.272 e. The SMILES string of the molecule is CN(C)C(=O)c1cc(Nc2nc(N=C3CCCCC3=N)c(F)cc2C(N)=O)ccn1. The molecule has 1 saturated carbocycles. The van der Waals surface area contributed by atoms with Crippen LogP contribution in [0.1, 0.15) is 46.5 Å². The number of nitrogens with two attached hydrogens (primary N) is 1. The molecule has 0 saturated heterocycles. The van der Waals surface area contributed by atoms with Crippen molar-refractivity contribution < 1.29 is 14.0 Å². The standard InChI is InChI=1S/C20H22FN7O2/c1-28(2)20(30)16-9-11(7-8-24-16)25-18-12(17(23)29)10-13(21)19(27-18)26-15-6-4-3-5-14(15)22/h7-10,22H,3-6H2,1-2H3,(H2,23,29)(H,24,25,27). The number of nitrogens with zero attached hydrogens (tertiary/aromatic N) is 4. The van der Waals surface area contributed by atoms with Gasteiger partial charge in [0.25, 0.3) is 11.8 Å². The third-order valence-corrected chi connectivity index (χ3v) is 4.55. The lowest BCUT2D eigenvalue weighted by molar-refractivity contribution is 0.0821. The van der Waals surface area contributed by atoms with Gasteiger partial charge in [-0.3, -0.25) is 14.6 Å². The molecule has 2 aromatic heterocycles. The average molecular weight is 411 g/mol. The van der Waals surface area contributed by atoms with E-state index >= 15 is 0 Å². The number of anilines is 2. The molecule has 3 rings (SSSR count). The third kappa shape index (κ3) is 4.65. The van der Waals surface area contributed by atoms with Gasteiger partial charge in [0.1, 0.15) is 11.5 Å². The van der Waals surface area contributed by atoms with Gasteiger partial charge in [-0.2, -0.15) is 0 Å². The van der Waals surface area contributed by atoms with Crippen molar-refractivity contribution in [3.8, 4) is 0 Å². The fraction of sp³-hybridized carbons (Fsp3) is 0.300. The Morgan fingerprint density at radius 3 is 2.67 bits per heavy atom. The summed E-state index contributed by atoms with van der Waals surface area (Å²) in [7, 11) is 3.20. The Labute approximate surface area is 172 Å². The van der Waals surface area contributed by atoms with E-state index in [2.05, 4.69) is 20.3 Å². The molecule has 0 spiro atoms. The fourth-order valence-corrected chi connectivity index (χ4v) is 2.97. The van der Waals surface area contributed by atoms with E-state index in [0.29, 0.717) is 30.0 Å². The number of pyridine rings is 2. The zero-order valence-electron chi connectivity index (χ0n) is 16.7. The van der Waals surface area contributed by atoms with E-state index in [-0.39, 0.29) is 28.8 Å². The second-order valence-corrected chi connectivity index (χ2v) is 7.05. The van der Waals surface area contributed by atoms with Crippen molar-refractivity contribution in [2.45, 2.75) is 25.7 Å². The van der Waals surface area contributed by atoms with Gasteiger partial charge in [0, 0.05) is 26.0 Å². The minimum atomic E-state index is -0.868.